The van der Waals surface area contributed by atoms with E-state index >= 15 is 0 Å². The van der Waals surface area contributed by atoms with E-state index in [2.05, 4.69) is 15.6 Å². The second-order valence-corrected chi connectivity index (χ2v) is 5.06. The predicted molar refractivity (Wildman–Crippen MR) is 72.3 cm³/mol. The molecule has 1 aromatic carbocycles. The van der Waals surface area contributed by atoms with Crippen molar-refractivity contribution in [2.75, 3.05) is 13.7 Å². The normalized spacial score (nSPS) is 22.3. The van der Waals surface area contributed by atoms with Crippen LogP contribution >= 0.6 is 11.6 Å². The molecule has 1 aliphatic heterocycles. The van der Waals surface area contributed by atoms with Crippen LogP contribution in [0.1, 0.15) is 24.4 Å². The molecule has 2 aliphatic rings. The number of rotatable bonds is 2. The van der Waals surface area contributed by atoms with Gasteiger partial charge in [0.2, 0.25) is 0 Å². The van der Waals surface area contributed by atoms with E-state index in [0.29, 0.717) is 12.6 Å². The summed E-state index contributed by atoms with van der Waals surface area (Å²) in [5.74, 6) is 1.68. The highest BCUT2D eigenvalue weighted by molar-refractivity contribution is 6.31. The number of nitrogens with one attached hydrogen (secondary N) is 2. The Morgan fingerprint density at radius 3 is 2.94 bits per heavy atom. The fourth-order valence-corrected chi connectivity index (χ4v) is 2.41. The van der Waals surface area contributed by atoms with E-state index in [1.165, 1.54) is 12.8 Å². The lowest BCUT2D eigenvalue weighted by molar-refractivity contribution is 0.323. The molecule has 0 aromatic heterocycles. The van der Waals surface area contributed by atoms with E-state index in [1.54, 1.807) is 7.05 Å². The van der Waals surface area contributed by atoms with Gasteiger partial charge in [0.15, 0.2) is 5.96 Å². The number of benzene rings is 1. The molecule has 0 amide bonds. The van der Waals surface area contributed by atoms with Gasteiger partial charge in [0.1, 0.15) is 12.4 Å². The van der Waals surface area contributed by atoms with Crippen molar-refractivity contribution in [2.24, 2.45) is 4.99 Å². The van der Waals surface area contributed by atoms with Crippen molar-refractivity contribution in [3.05, 3.63) is 28.8 Å². The first-order chi connectivity index (χ1) is 8.78. The zero-order chi connectivity index (χ0) is 12.5. The largest absolute Gasteiger partial charge is 0.491 e. The molecule has 1 aromatic rings. The van der Waals surface area contributed by atoms with E-state index < -0.39 is 0 Å². The average molecular weight is 266 g/mol. The molecule has 96 valence electrons. The number of hydrogen-bond donors (Lipinski definition) is 2. The van der Waals surface area contributed by atoms with Crippen LogP contribution in [0.3, 0.4) is 0 Å². The number of guanidine groups is 1. The summed E-state index contributed by atoms with van der Waals surface area (Å²) in [4.78, 5) is 4.23. The SMILES string of the molecule is CN=C(NC1CC1)NC1COc2cccc(Cl)c21. The summed E-state index contributed by atoms with van der Waals surface area (Å²) in [7, 11) is 1.78. The first kappa shape index (κ1) is 11.7. The summed E-state index contributed by atoms with van der Waals surface area (Å²) in [6.45, 7) is 0.588. The molecular weight excluding hydrogens is 250 g/mol. The van der Waals surface area contributed by atoms with Crippen LogP contribution in [0.4, 0.5) is 0 Å². The third-order valence-electron chi connectivity index (χ3n) is 3.22. The number of nitrogens with zero attached hydrogens (tertiary/aromatic N) is 1. The Morgan fingerprint density at radius 1 is 1.39 bits per heavy atom. The van der Waals surface area contributed by atoms with Crippen molar-refractivity contribution in [3.8, 4) is 5.75 Å². The predicted octanol–water partition coefficient (Wildman–Crippen LogP) is 2.10. The highest BCUT2D eigenvalue weighted by Crippen LogP contribution is 2.37. The van der Waals surface area contributed by atoms with E-state index in [1.807, 2.05) is 18.2 Å². The second-order valence-electron chi connectivity index (χ2n) is 4.65. The van der Waals surface area contributed by atoms with Crippen LogP contribution in [-0.4, -0.2) is 25.7 Å². The molecule has 0 saturated heterocycles. The molecule has 1 unspecified atom stereocenters. The topological polar surface area (TPSA) is 45.7 Å². The molecule has 2 N–H and O–H groups in total. The Kier molecular flexibility index (Phi) is 3.04. The first-order valence-corrected chi connectivity index (χ1v) is 6.57. The number of fused-ring (bicyclic) bond motifs is 1. The quantitative estimate of drug-likeness (QED) is 0.636. The van der Waals surface area contributed by atoms with Crippen molar-refractivity contribution >= 4 is 17.6 Å². The summed E-state index contributed by atoms with van der Waals surface area (Å²) in [5.41, 5.74) is 1.03. The second kappa shape index (κ2) is 4.69. The van der Waals surface area contributed by atoms with Gasteiger partial charge in [-0.25, -0.2) is 0 Å². The maximum absolute atomic E-state index is 6.23. The molecule has 0 radical (unpaired) electrons. The van der Waals surface area contributed by atoms with Crippen molar-refractivity contribution in [1.82, 2.24) is 10.6 Å². The van der Waals surface area contributed by atoms with Crippen molar-refractivity contribution in [3.63, 3.8) is 0 Å². The van der Waals surface area contributed by atoms with Crippen LogP contribution < -0.4 is 15.4 Å². The number of halogens is 1. The molecule has 18 heavy (non-hydrogen) atoms. The molecule has 0 bridgehead atoms. The van der Waals surface area contributed by atoms with Crippen molar-refractivity contribution < 1.29 is 4.74 Å². The van der Waals surface area contributed by atoms with Crippen LogP contribution in [0.25, 0.3) is 0 Å². The van der Waals surface area contributed by atoms with Gasteiger partial charge in [-0.05, 0) is 25.0 Å². The number of aliphatic imine (C=N–C) groups is 1. The fraction of sp³-hybridized carbons (Fsp3) is 0.462. The minimum atomic E-state index is 0.0682. The van der Waals surface area contributed by atoms with Gasteiger partial charge < -0.3 is 15.4 Å². The molecule has 1 fully saturated rings. The molecule has 1 atom stereocenters. The van der Waals surface area contributed by atoms with Crippen molar-refractivity contribution in [1.29, 1.82) is 0 Å². The monoisotopic (exact) mass is 265 g/mol. The minimum Gasteiger partial charge on any atom is -0.491 e. The van der Waals surface area contributed by atoms with Crippen molar-refractivity contribution in [2.45, 2.75) is 24.9 Å². The molecule has 1 saturated carbocycles. The van der Waals surface area contributed by atoms with Crippen LogP contribution in [-0.2, 0) is 0 Å². The van der Waals surface area contributed by atoms with Crippen LogP contribution in [0.15, 0.2) is 23.2 Å². The zero-order valence-electron chi connectivity index (χ0n) is 10.2. The van der Waals surface area contributed by atoms with E-state index in [9.17, 15) is 0 Å². The first-order valence-electron chi connectivity index (χ1n) is 6.19. The molecular formula is C13H16ClN3O. The Hall–Kier alpha value is -1.42. The highest BCUT2D eigenvalue weighted by Gasteiger charge is 2.29. The molecule has 3 rings (SSSR count). The standard InChI is InChI=1S/C13H16ClN3O/c1-15-13(16-8-5-6-8)17-10-7-18-11-4-2-3-9(14)12(10)11/h2-4,8,10H,5-7H2,1H3,(H2,15,16,17). The van der Waals surface area contributed by atoms with E-state index in [-0.39, 0.29) is 6.04 Å². The van der Waals surface area contributed by atoms with Gasteiger partial charge in [0, 0.05) is 23.7 Å². The third kappa shape index (κ3) is 2.25. The molecule has 1 heterocycles. The fourth-order valence-electron chi connectivity index (χ4n) is 2.11. The van der Waals surface area contributed by atoms with Gasteiger partial charge in [-0.1, -0.05) is 17.7 Å². The molecule has 0 spiro atoms. The Balaban J connectivity index is 1.75. The van der Waals surface area contributed by atoms with Gasteiger partial charge >= 0.3 is 0 Å². The van der Waals surface area contributed by atoms with E-state index in [0.717, 1.165) is 22.3 Å². The maximum atomic E-state index is 6.23. The number of ether oxygens (including phenoxy) is 1. The summed E-state index contributed by atoms with van der Waals surface area (Å²) in [5, 5.41) is 7.46. The lowest BCUT2D eigenvalue weighted by Gasteiger charge is -2.16. The van der Waals surface area contributed by atoms with Gasteiger partial charge in [-0.15, -0.1) is 0 Å². The maximum Gasteiger partial charge on any atom is 0.191 e. The Labute approximate surface area is 111 Å². The van der Waals surface area contributed by atoms with Gasteiger partial charge in [-0.2, -0.15) is 0 Å². The summed E-state index contributed by atoms with van der Waals surface area (Å²) < 4.78 is 5.63. The van der Waals surface area contributed by atoms with Crippen LogP contribution in [0, 0.1) is 0 Å². The van der Waals surface area contributed by atoms with Gasteiger partial charge in [0.25, 0.3) is 0 Å². The summed E-state index contributed by atoms with van der Waals surface area (Å²) in [6, 6.07) is 6.38. The zero-order valence-corrected chi connectivity index (χ0v) is 11.0. The third-order valence-corrected chi connectivity index (χ3v) is 3.55. The Bertz CT molecular complexity index is 485. The summed E-state index contributed by atoms with van der Waals surface area (Å²) >= 11 is 6.23. The lowest BCUT2D eigenvalue weighted by Crippen LogP contribution is -2.41. The van der Waals surface area contributed by atoms with Gasteiger partial charge in [-0.3, -0.25) is 4.99 Å². The lowest BCUT2D eigenvalue weighted by atomic mass is 10.1. The highest BCUT2D eigenvalue weighted by atomic mass is 35.5. The van der Waals surface area contributed by atoms with Crippen LogP contribution in [0.5, 0.6) is 5.75 Å². The Morgan fingerprint density at radius 2 is 2.22 bits per heavy atom. The van der Waals surface area contributed by atoms with Crippen LogP contribution in [0.2, 0.25) is 5.02 Å². The van der Waals surface area contributed by atoms with Gasteiger partial charge in [0.05, 0.1) is 6.04 Å². The average Bonchev–Trinajstić information content (AvgIpc) is 3.09. The minimum absolute atomic E-state index is 0.0682. The van der Waals surface area contributed by atoms with E-state index in [4.69, 9.17) is 16.3 Å². The molecule has 1 aliphatic carbocycles. The smallest absolute Gasteiger partial charge is 0.191 e. The summed E-state index contributed by atoms with van der Waals surface area (Å²) in [6.07, 6.45) is 2.44. The number of hydrogen-bond acceptors (Lipinski definition) is 2. The molecule has 5 heteroatoms. The molecule has 4 nitrogen and oxygen atoms in total.